The maximum absolute atomic E-state index is 11.5. The van der Waals surface area contributed by atoms with Gasteiger partial charge in [-0.1, -0.05) is 23.2 Å². The fourth-order valence-electron chi connectivity index (χ4n) is 0.943. The van der Waals surface area contributed by atoms with Crippen molar-refractivity contribution >= 4 is 42.5 Å². The van der Waals surface area contributed by atoms with Gasteiger partial charge in [-0.05, 0) is 18.2 Å². The van der Waals surface area contributed by atoms with Crippen LogP contribution in [0.4, 0.5) is 4.79 Å². The van der Waals surface area contributed by atoms with Crippen molar-refractivity contribution in [1.29, 1.82) is 0 Å². The monoisotopic (exact) mass is 342 g/mol. The number of hydrogen-bond donors (Lipinski definition) is 1. The van der Waals surface area contributed by atoms with Gasteiger partial charge in [0.1, 0.15) is 5.75 Å². The highest BCUT2D eigenvalue weighted by Gasteiger charge is 2.34. The molecule has 0 aliphatic rings. The van der Waals surface area contributed by atoms with E-state index in [4.69, 9.17) is 23.2 Å². The maximum atomic E-state index is 11.5. The molecular weight excluding hydrogens is 334 g/mol. The van der Waals surface area contributed by atoms with Crippen LogP contribution >= 0.6 is 30.8 Å². The van der Waals surface area contributed by atoms with Crippen molar-refractivity contribution in [1.82, 2.24) is 0 Å². The number of ether oxygens (including phenoxy) is 2. The molecule has 0 fully saturated rings. The molecule has 1 rings (SSSR count). The van der Waals surface area contributed by atoms with Gasteiger partial charge in [0, 0.05) is 11.9 Å². The molecule has 0 saturated heterocycles. The van der Waals surface area contributed by atoms with Crippen LogP contribution in [0.1, 0.15) is 6.92 Å². The van der Waals surface area contributed by atoms with Crippen molar-refractivity contribution in [2.24, 2.45) is 0 Å². The van der Waals surface area contributed by atoms with Crippen molar-refractivity contribution in [3.8, 4) is 5.75 Å². The van der Waals surface area contributed by atoms with E-state index in [0.717, 1.165) is 6.92 Å². The summed E-state index contributed by atoms with van der Waals surface area (Å²) >= 11 is 11.4. The molecule has 20 heavy (non-hydrogen) atoms. The molecule has 0 heterocycles. The Morgan fingerprint density at radius 1 is 1.35 bits per heavy atom. The van der Waals surface area contributed by atoms with Crippen molar-refractivity contribution in [2.45, 2.75) is 6.92 Å². The van der Waals surface area contributed by atoms with E-state index < -0.39 is 26.1 Å². The van der Waals surface area contributed by atoms with Gasteiger partial charge in [-0.2, -0.15) is 0 Å². The van der Waals surface area contributed by atoms with E-state index in [2.05, 4.69) is 14.0 Å². The molecule has 1 aromatic rings. The molecule has 1 aromatic carbocycles. The first kappa shape index (κ1) is 16.9. The van der Waals surface area contributed by atoms with E-state index in [1.807, 2.05) is 0 Å². The molecule has 0 aliphatic carbocycles. The minimum atomic E-state index is -4.77. The number of esters is 1. The summed E-state index contributed by atoms with van der Waals surface area (Å²) in [4.78, 5) is 31.2. The third kappa shape index (κ3) is 5.11. The zero-order valence-electron chi connectivity index (χ0n) is 10.0. The highest BCUT2D eigenvalue weighted by Crippen LogP contribution is 2.44. The molecule has 0 bridgehead atoms. The Morgan fingerprint density at radius 3 is 2.55 bits per heavy atom. The molecule has 1 N–H and O–H groups in total. The Kier molecular flexibility index (Phi) is 5.98. The van der Waals surface area contributed by atoms with Gasteiger partial charge in [0.25, 0.3) is 0 Å². The predicted molar refractivity (Wildman–Crippen MR) is 70.0 cm³/mol. The lowest BCUT2D eigenvalue weighted by molar-refractivity contribution is -0.147. The van der Waals surface area contributed by atoms with Gasteiger partial charge in [0.05, 0.1) is 5.02 Å². The molecule has 1 atom stereocenters. The molecule has 1 unspecified atom stereocenters. The van der Waals surface area contributed by atoms with Crippen LogP contribution in [0.25, 0.3) is 0 Å². The fraction of sp³-hybridized carbons (Fsp3) is 0.200. The van der Waals surface area contributed by atoms with Crippen molar-refractivity contribution in [2.75, 3.05) is 6.79 Å². The lowest BCUT2D eigenvalue weighted by Gasteiger charge is -2.11. The summed E-state index contributed by atoms with van der Waals surface area (Å²) in [6, 6.07) is 3.90. The molecule has 0 amide bonds. The minimum Gasteiger partial charge on any atom is -0.438 e. The summed E-state index contributed by atoms with van der Waals surface area (Å²) in [5.41, 5.74) is -1.56. The van der Waals surface area contributed by atoms with E-state index in [1.54, 1.807) is 0 Å². The number of carbonyl (C=O) groups excluding carboxylic acids is 2. The fourth-order valence-corrected chi connectivity index (χ4v) is 1.90. The number of rotatable bonds is 5. The van der Waals surface area contributed by atoms with Crippen LogP contribution in [0.3, 0.4) is 0 Å². The first-order valence-electron chi connectivity index (χ1n) is 5.00. The van der Waals surface area contributed by atoms with E-state index in [0.29, 0.717) is 5.02 Å². The van der Waals surface area contributed by atoms with Crippen LogP contribution in [0.2, 0.25) is 10.0 Å². The minimum absolute atomic E-state index is 0.0224. The Morgan fingerprint density at radius 2 is 2.00 bits per heavy atom. The summed E-state index contributed by atoms with van der Waals surface area (Å²) in [6.07, 6.45) is 0. The molecule has 0 saturated carbocycles. The van der Waals surface area contributed by atoms with Crippen molar-refractivity contribution in [3.05, 3.63) is 28.2 Å². The highest BCUT2D eigenvalue weighted by atomic mass is 35.5. The second-order valence-corrected chi connectivity index (χ2v) is 5.85. The van der Waals surface area contributed by atoms with Gasteiger partial charge in [0.15, 0.2) is 0 Å². The SMILES string of the molecule is CC(=O)OCOP(=O)(O)C(=O)Oc1ccc(Cl)cc1Cl. The second kappa shape index (κ2) is 7.06. The topological polar surface area (TPSA) is 99.1 Å². The number of benzene rings is 1. The van der Waals surface area contributed by atoms with Crippen LogP contribution in [-0.2, 0) is 18.6 Å². The average molecular weight is 343 g/mol. The number of hydrogen-bond acceptors (Lipinski definition) is 6. The quantitative estimate of drug-likeness (QED) is 0.498. The van der Waals surface area contributed by atoms with Gasteiger partial charge in [-0.15, -0.1) is 0 Å². The summed E-state index contributed by atoms with van der Waals surface area (Å²) < 4.78 is 24.6. The van der Waals surface area contributed by atoms with Crippen LogP contribution in [0, 0.1) is 0 Å². The molecule has 110 valence electrons. The van der Waals surface area contributed by atoms with Gasteiger partial charge < -0.3 is 14.4 Å². The van der Waals surface area contributed by atoms with Crippen LogP contribution in [-0.4, -0.2) is 23.4 Å². The summed E-state index contributed by atoms with van der Waals surface area (Å²) in [6.45, 7) is 0.212. The smallest absolute Gasteiger partial charge is 0.438 e. The number of carbonyl (C=O) groups is 2. The summed E-state index contributed by atoms with van der Waals surface area (Å²) in [7, 11) is -4.77. The second-order valence-electron chi connectivity index (χ2n) is 3.35. The molecule has 0 aliphatic heterocycles. The third-order valence-electron chi connectivity index (χ3n) is 1.81. The zero-order valence-corrected chi connectivity index (χ0v) is 12.4. The Labute approximate surface area is 123 Å². The van der Waals surface area contributed by atoms with E-state index >= 15 is 0 Å². The zero-order chi connectivity index (χ0) is 15.3. The molecule has 7 nitrogen and oxygen atoms in total. The lowest BCUT2D eigenvalue weighted by Crippen LogP contribution is -2.11. The Balaban J connectivity index is 2.69. The molecule has 0 aromatic heterocycles. The van der Waals surface area contributed by atoms with Gasteiger partial charge >= 0.3 is 19.3 Å². The molecule has 0 radical (unpaired) electrons. The Hall–Kier alpha value is -1.11. The van der Waals surface area contributed by atoms with Crippen LogP contribution in [0.5, 0.6) is 5.75 Å². The largest absolute Gasteiger partial charge is 0.439 e. The highest BCUT2D eigenvalue weighted by molar-refractivity contribution is 7.70. The van der Waals surface area contributed by atoms with E-state index in [-0.39, 0.29) is 10.8 Å². The maximum Gasteiger partial charge on any atom is 0.439 e. The summed E-state index contributed by atoms with van der Waals surface area (Å²) in [5.74, 6) is -0.898. The standard InChI is InChI=1S/C10H9Cl2O7P/c1-6(13)17-5-18-20(15,16)10(14)19-9-3-2-7(11)4-8(9)12/h2-4H,5H2,1H3,(H,15,16). The van der Waals surface area contributed by atoms with Crippen molar-refractivity contribution < 1.29 is 33.0 Å². The van der Waals surface area contributed by atoms with Crippen LogP contribution in [0.15, 0.2) is 18.2 Å². The molecule has 10 heteroatoms. The third-order valence-corrected chi connectivity index (χ3v) is 3.35. The average Bonchev–Trinajstić information content (AvgIpc) is 2.31. The van der Waals surface area contributed by atoms with Gasteiger partial charge in [-0.3, -0.25) is 9.32 Å². The van der Waals surface area contributed by atoms with Gasteiger partial charge in [0.2, 0.25) is 6.79 Å². The summed E-state index contributed by atoms with van der Waals surface area (Å²) in [5, 5.41) is 0.277. The normalized spacial score (nSPS) is 13.4. The van der Waals surface area contributed by atoms with Crippen LogP contribution < -0.4 is 4.74 Å². The Bertz CT molecular complexity index is 575. The first-order valence-corrected chi connectivity index (χ1v) is 7.34. The predicted octanol–water partition coefficient (Wildman–Crippen LogP) is 3.21. The van der Waals surface area contributed by atoms with Gasteiger partial charge in [-0.25, -0.2) is 9.36 Å². The number of halogens is 2. The van der Waals surface area contributed by atoms with Crippen molar-refractivity contribution in [3.63, 3.8) is 0 Å². The first-order chi connectivity index (χ1) is 9.22. The van der Waals surface area contributed by atoms with E-state index in [9.17, 15) is 19.0 Å². The van der Waals surface area contributed by atoms with E-state index in [1.165, 1.54) is 18.2 Å². The lowest BCUT2D eigenvalue weighted by atomic mass is 10.3. The molecule has 0 spiro atoms. The molecular formula is C10H9Cl2O7P.